The minimum Gasteiger partial charge on any atom is -0.350 e. The van der Waals surface area contributed by atoms with E-state index < -0.39 is 0 Å². The van der Waals surface area contributed by atoms with Crippen LogP contribution in [0.1, 0.15) is 82.6 Å². The van der Waals surface area contributed by atoms with Crippen LogP contribution in [0.2, 0.25) is 0 Å². The lowest BCUT2D eigenvalue weighted by Crippen LogP contribution is -2.57. The fourth-order valence-electron chi connectivity index (χ4n) is 2.43. The maximum absolute atomic E-state index is 12.6. The SMILES string of the molecule is CC(CC(C)(C)C(C)C)C(=O)NC(C)(C)C(C)(C)C(C)C. The van der Waals surface area contributed by atoms with Crippen LogP contribution in [0.25, 0.3) is 0 Å². The summed E-state index contributed by atoms with van der Waals surface area (Å²) in [6.07, 6.45) is 0.925. The first-order valence-corrected chi connectivity index (χ1v) is 8.47. The van der Waals surface area contributed by atoms with Gasteiger partial charge >= 0.3 is 0 Å². The van der Waals surface area contributed by atoms with Crippen LogP contribution in [-0.2, 0) is 4.79 Å². The fraction of sp³-hybridized carbons (Fsp3) is 0.947. The van der Waals surface area contributed by atoms with E-state index in [2.05, 4.69) is 81.5 Å². The van der Waals surface area contributed by atoms with E-state index in [1.807, 2.05) is 0 Å². The van der Waals surface area contributed by atoms with Crippen molar-refractivity contribution in [3.05, 3.63) is 0 Å². The van der Waals surface area contributed by atoms with Crippen molar-refractivity contribution in [1.82, 2.24) is 5.32 Å². The van der Waals surface area contributed by atoms with Crippen molar-refractivity contribution in [3.8, 4) is 0 Å². The zero-order chi connectivity index (χ0) is 17.2. The van der Waals surface area contributed by atoms with Crippen LogP contribution in [0.3, 0.4) is 0 Å². The molecule has 1 amide bonds. The average molecular weight is 298 g/mol. The third-order valence-electron chi connectivity index (χ3n) is 6.33. The number of amides is 1. The molecule has 0 bridgehead atoms. The van der Waals surface area contributed by atoms with Gasteiger partial charge in [-0.3, -0.25) is 4.79 Å². The summed E-state index contributed by atoms with van der Waals surface area (Å²) < 4.78 is 0. The Morgan fingerprint density at radius 1 is 0.857 bits per heavy atom. The molecular weight excluding hydrogens is 258 g/mol. The van der Waals surface area contributed by atoms with Gasteiger partial charge in [0, 0.05) is 11.5 Å². The third-order valence-corrected chi connectivity index (χ3v) is 6.33. The first-order chi connectivity index (χ1) is 9.15. The molecule has 0 aromatic rings. The molecule has 0 heterocycles. The summed E-state index contributed by atoms with van der Waals surface area (Å²) in [6, 6.07) is 0. The molecule has 0 rings (SSSR count). The molecule has 0 aliphatic heterocycles. The zero-order valence-electron chi connectivity index (χ0n) is 16.3. The second-order valence-electron chi connectivity index (χ2n) is 9.24. The molecule has 0 saturated heterocycles. The predicted octanol–water partition coefficient (Wildman–Crippen LogP) is 5.27. The smallest absolute Gasteiger partial charge is 0.223 e. The van der Waals surface area contributed by atoms with Gasteiger partial charge < -0.3 is 5.32 Å². The molecule has 2 nitrogen and oxygen atoms in total. The topological polar surface area (TPSA) is 29.1 Å². The Morgan fingerprint density at radius 3 is 1.62 bits per heavy atom. The van der Waals surface area contributed by atoms with Gasteiger partial charge in [-0.25, -0.2) is 0 Å². The second kappa shape index (κ2) is 6.71. The molecule has 126 valence electrons. The Kier molecular flexibility index (Phi) is 6.54. The first-order valence-electron chi connectivity index (χ1n) is 8.47. The van der Waals surface area contributed by atoms with E-state index in [0.717, 1.165) is 6.42 Å². The summed E-state index contributed by atoms with van der Waals surface area (Å²) in [5.74, 6) is 1.31. The molecule has 1 N–H and O–H groups in total. The van der Waals surface area contributed by atoms with E-state index in [1.54, 1.807) is 0 Å². The summed E-state index contributed by atoms with van der Waals surface area (Å²) in [6.45, 7) is 24.2. The summed E-state index contributed by atoms with van der Waals surface area (Å²) in [5.41, 5.74) is 0.0267. The highest BCUT2D eigenvalue weighted by atomic mass is 16.2. The molecular formula is C19H39NO. The van der Waals surface area contributed by atoms with E-state index in [0.29, 0.717) is 11.8 Å². The van der Waals surface area contributed by atoms with Crippen LogP contribution < -0.4 is 5.32 Å². The lowest BCUT2D eigenvalue weighted by atomic mass is 9.67. The Morgan fingerprint density at radius 2 is 1.29 bits per heavy atom. The molecule has 1 atom stereocenters. The lowest BCUT2D eigenvalue weighted by molar-refractivity contribution is -0.129. The predicted molar refractivity (Wildman–Crippen MR) is 93.2 cm³/mol. The van der Waals surface area contributed by atoms with Gasteiger partial charge in [0.2, 0.25) is 5.91 Å². The van der Waals surface area contributed by atoms with Crippen LogP contribution >= 0.6 is 0 Å². The maximum atomic E-state index is 12.6. The number of rotatable bonds is 7. The minimum absolute atomic E-state index is 0.0460. The molecule has 0 aliphatic rings. The molecule has 0 radical (unpaired) electrons. The number of carbonyl (C=O) groups is 1. The van der Waals surface area contributed by atoms with Crippen molar-refractivity contribution in [2.45, 2.75) is 88.1 Å². The average Bonchev–Trinajstić information content (AvgIpc) is 2.26. The molecule has 0 fully saturated rings. The highest BCUT2D eigenvalue weighted by molar-refractivity contribution is 5.79. The molecule has 2 heteroatoms. The minimum atomic E-state index is -0.214. The van der Waals surface area contributed by atoms with Crippen LogP contribution in [-0.4, -0.2) is 11.4 Å². The van der Waals surface area contributed by atoms with Gasteiger partial charge in [-0.2, -0.15) is 0 Å². The second-order valence-corrected chi connectivity index (χ2v) is 9.24. The van der Waals surface area contributed by atoms with Crippen molar-refractivity contribution < 1.29 is 4.79 Å². The molecule has 21 heavy (non-hydrogen) atoms. The van der Waals surface area contributed by atoms with Crippen molar-refractivity contribution in [1.29, 1.82) is 0 Å². The van der Waals surface area contributed by atoms with Gasteiger partial charge in [0.15, 0.2) is 0 Å². The van der Waals surface area contributed by atoms with Crippen molar-refractivity contribution in [2.75, 3.05) is 0 Å². The highest BCUT2D eigenvalue weighted by Gasteiger charge is 2.41. The van der Waals surface area contributed by atoms with Gasteiger partial charge in [-0.05, 0) is 42.9 Å². The van der Waals surface area contributed by atoms with E-state index in [1.165, 1.54) is 0 Å². The van der Waals surface area contributed by atoms with Crippen LogP contribution in [0.15, 0.2) is 0 Å². The Labute approximate surface area is 133 Å². The normalized spacial score (nSPS) is 15.5. The Bertz CT molecular complexity index is 351. The van der Waals surface area contributed by atoms with Crippen LogP contribution in [0, 0.1) is 28.6 Å². The molecule has 0 aromatic heterocycles. The number of hydrogen-bond acceptors (Lipinski definition) is 1. The van der Waals surface area contributed by atoms with E-state index in [4.69, 9.17) is 0 Å². The molecule has 0 saturated carbocycles. The van der Waals surface area contributed by atoms with Crippen LogP contribution in [0.4, 0.5) is 0 Å². The maximum Gasteiger partial charge on any atom is 0.223 e. The summed E-state index contributed by atoms with van der Waals surface area (Å²) in [5, 5.41) is 3.30. The van der Waals surface area contributed by atoms with Gasteiger partial charge in [-0.1, -0.05) is 62.3 Å². The van der Waals surface area contributed by atoms with Gasteiger partial charge in [-0.15, -0.1) is 0 Å². The van der Waals surface area contributed by atoms with E-state index in [-0.39, 0.29) is 28.2 Å². The highest BCUT2D eigenvalue weighted by Crippen LogP contribution is 2.38. The number of carbonyl (C=O) groups excluding carboxylic acids is 1. The van der Waals surface area contributed by atoms with Gasteiger partial charge in [0.1, 0.15) is 0 Å². The summed E-state index contributed by atoms with van der Waals surface area (Å²) in [4.78, 5) is 12.6. The Hall–Kier alpha value is -0.530. The zero-order valence-corrected chi connectivity index (χ0v) is 16.3. The summed E-state index contributed by atoms with van der Waals surface area (Å²) >= 11 is 0. The summed E-state index contributed by atoms with van der Waals surface area (Å²) in [7, 11) is 0. The monoisotopic (exact) mass is 297 g/mol. The van der Waals surface area contributed by atoms with Crippen molar-refractivity contribution in [2.24, 2.45) is 28.6 Å². The fourth-order valence-corrected chi connectivity index (χ4v) is 2.43. The van der Waals surface area contributed by atoms with Gasteiger partial charge in [0.05, 0.1) is 0 Å². The molecule has 0 spiro atoms. The standard InChI is InChI=1S/C19H39NO/c1-13(2)17(6,7)12-15(5)16(21)20-19(10,11)18(8,9)14(3)4/h13-15H,12H2,1-11H3,(H,20,21). The third kappa shape index (κ3) is 5.00. The number of hydrogen-bond donors (Lipinski definition) is 1. The lowest BCUT2D eigenvalue weighted by Gasteiger charge is -2.46. The molecule has 1 unspecified atom stereocenters. The largest absolute Gasteiger partial charge is 0.350 e. The van der Waals surface area contributed by atoms with E-state index in [9.17, 15) is 4.79 Å². The van der Waals surface area contributed by atoms with Crippen molar-refractivity contribution >= 4 is 5.91 Å². The Balaban J connectivity index is 4.90. The van der Waals surface area contributed by atoms with Crippen LogP contribution in [0.5, 0.6) is 0 Å². The molecule has 0 aliphatic carbocycles. The van der Waals surface area contributed by atoms with E-state index >= 15 is 0 Å². The number of nitrogens with one attached hydrogen (secondary N) is 1. The van der Waals surface area contributed by atoms with Gasteiger partial charge in [0.25, 0.3) is 0 Å². The van der Waals surface area contributed by atoms with Crippen molar-refractivity contribution in [3.63, 3.8) is 0 Å². The quantitative estimate of drug-likeness (QED) is 0.681. The molecule has 0 aromatic carbocycles. The first kappa shape index (κ1) is 20.5.